The fourth-order valence-electron chi connectivity index (χ4n) is 5.51. The third-order valence-electron chi connectivity index (χ3n) is 7.56. The Morgan fingerprint density at radius 2 is 1.66 bits per heavy atom. The molecule has 0 radical (unpaired) electrons. The molecule has 2 amide bonds. The molecule has 1 aliphatic heterocycles. The van der Waals surface area contributed by atoms with Gasteiger partial charge in [0.2, 0.25) is 5.43 Å². The lowest BCUT2D eigenvalue weighted by atomic mass is 9.96. The summed E-state index contributed by atoms with van der Waals surface area (Å²) >= 11 is 0. The van der Waals surface area contributed by atoms with Gasteiger partial charge < -0.3 is 19.9 Å². The van der Waals surface area contributed by atoms with E-state index in [-0.39, 0.29) is 29.2 Å². The van der Waals surface area contributed by atoms with Gasteiger partial charge in [-0.1, -0.05) is 43.8 Å². The lowest BCUT2D eigenvalue weighted by molar-refractivity contribution is 0.0914. The summed E-state index contributed by atoms with van der Waals surface area (Å²) in [5.74, 6) is -0.781. The molecule has 2 heterocycles. The summed E-state index contributed by atoms with van der Waals surface area (Å²) in [7, 11) is 0. The van der Waals surface area contributed by atoms with Crippen molar-refractivity contribution in [2.45, 2.75) is 109 Å². The van der Waals surface area contributed by atoms with Crippen LogP contribution in [0.1, 0.15) is 111 Å². The van der Waals surface area contributed by atoms with E-state index < -0.39 is 11.3 Å². The Morgan fingerprint density at radius 3 is 2.34 bits per heavy atom. The fraction of sp³-hybridized carbons (Fsp3) is 0.679. The van der Waals surface area contributed by atoms with Crippen LogP contribution in [0.2, 0.25) is 0 Å². The van der Waals surface area contributed by atoms with Crippen LogP contribution in [0.5, 0.6) is 0 Å². The van der Waals surface area contributed by atoms with Gasteiger partial charge >= 0.3 is 0 Å². The summed E-state index contributed by atoms with van der Waals surface area (Å²) < 4.78 is 7.56. The van der Waals surface area contributed by atoms with E-state index in [4.69, 9.17) is 4.74 Å². The van der Waals surface area contributed by atoms with Gasteiger partial charge in [0.25, 0.3) is 11.8 Å². The molecule has 2 fully saturated rings. The second-order valence-corrected chi connectivity index (χ2v) is 10.4. The van der Waals surface area contributed by atoms with Gasteiger partial charge in [0.15, 0.2) is 0 Å². The Morgan fingerprint density at radius 1 is 0.914 bits per heavy atom. The first kappa shape index (κ1) is 25.7. The van der Waals surface area contributed by atoms with Gasteiger partial charge in [-0.05, 0) is 57.8 Å². The lowest BCUT2D eigenvalue weighted by Crippen LogP contribution is -2.40. The SMILES string of the molecule is O=C(NCCC1=CCCCC1)c1cn(C[C@H]2CCCO2)cc(C(=O)NC2CCCCCCC2)c1=O. The summed E-state index contributed by atoms with van der Waals surface area (Å²) in [6.07, 6.45) is 20.5. The molecule has 1 aromatic rings. The van der Waals surface area contributed by atoms with Crippen molar-refractivity contribution in [1.29, 1.82) is 0 Å². The maximum absolute atomic E-state index is 13.3. The van der Waals surface area contributed by atoms with Crippen LogP contribution in [0.15, 0.2) is 28.8 Å². The number of rotatable bonds is 8. The van der Waals surface area contributed by atoms with Gasteiger partial charge in [-0.25, -0.2) is 0 Å². The third-order valence-corrected chi connectivity index (χ3v) is 7.56. The number of carbonyl (C=O) groups excluding carboxylic acids is 2. The van der Waals surface area contributed by atoms with Crippen molar-refractivity contribution in [3.05, 3.63) is 45.4 Å². The molecule has 1 saturated carbocycles. The number of aromatic nitrogens is 1. The second-order valence-electron chi connectivity index (χ2n) is 10.4. The van der Waals surface area contributed by atoms with Gasteiger partial charge in [0, 0.05) is 38.1 Å². The first-order valence-corrected chi connectivity index (χ1v) is 13.7. The van der Waals surface area contributed by atoms with E-state index in [2.05, 4.69) is 16.7 Å². The molecule has 7 nitrogen and oxygen atoms in total. The average molecular weight is 484 g/mol. The Labute approximate surface area is 208 Å². The van der Waals surface area contributed by atoms with Crippen LogP contribution in [0, 0.1) is 0 Å². The monoisotopic (exact) mass is 483 g/mol. The van der Waals surface area contributed by atoms with E-state index in [1.807, 2.05) is 0 Å². The average Bonchev–Trinajstić information content (AvgIpc) is 3.35. The lowest BCUT2D eigenvalue weighted by Gasteiger charge is -2.21. The van der Waals surface area contributed by atoms with E-state index in [0.717, 1.165) is 64.4 Å². The minimum absolute atomic E-state index is 0.0333. The molecular formula is C28H41N3O4. The van der Waals surface area contributed by atoms with Crippen molar-refractivity contribution in [3.8, 4) is 0 Å². The van der Waals surface area contributed by atoms with Crippen molar-refractivity contribution in [1.82, 2.24) is 15.2 Å². The van der Waals surface area contributed by atoms with Crippen molar-refractivity contribution < 1.29 is 14.3 Å². The van der Waals surface area contributed by atoms with E-state index in [1.54, 1.807) is 17.0 Å². The van der Waals surface area contributed by atoms with Crippen molar-refractivity contribution in [3.63, 3.8) is 0 Å². The first-order chi connectivity index (χ1) is 17.1. The van der Waals surface area contributed by atoms with Crippen LogP contribution in [0.25, 0.3) is 0 Å². The maximum atomic E-state index is 13.3. The molecular weight excluding hydrogens is 442 g/mol. The Hall–Kier alpha value is -2.41. The molecule has 7 heteroatoms. The standard InChI is InChI=1S/C28H41N3O4/c32-26-24(27(33)29-16-15-21-10-5-4-6-11-21)19-31(18-23-14-9-17-35-23)20-25(26)28(34)30-22-12-7-2-1-3-8-13-22/h10,19-20,22-23H,1-9,11-18H2,(H,29,33)(H,30,34)/t23-/m1/s1. The number of pyridine rings is 1. The highest BCUT2D eigenvalue weighted by atomic mass is 16.5. The number of nitrogens with one attached hydrogen (secondary N) is 2. The van der Waals surface area contributed by atoms with Crippen LogP contribution in [-0.4, -0.2) is 41.7 Å². The zero-order valence-electron chi connectivity index (χ0n) is 21.0. The number of nitrogens with zero attached hydrogens (tertiary/aromatic N) is 1. The number of hydrogen-bond acceptors (Lipinski definition) is 4. The minimum Gasteiger partial charge on any atom is -0.376 e. The summed E-state index contributed by atoms with van der Waals surface area (Å²) in [6.45, 7) is 1.74. The highest BCUT2D eigenvalue weighted by Crippen LogP contribution is 2.20. The molecule has 35 heavy (non-hydrogen) atoms. The van der Waals surface area contributed by atoms with Crippen LogP contribution < -0.4 is 16.1 Å². The molecule has 1 atom stereocenters. The quantitative estimate of drug-likeness (QED) is 0.533. The zero-order chi connectivity index (χ0) is 24.5. The van der Waals surface area contributed by atoms with Gasteiger partial charge in [-0.2, -0.15) is 0 Å². The van der Waals surface area contributed by atoms with Crippen molar-refractivity contribution in [2.24, 2.45) is 0 Å². The first-order valence-electron chi connectivity index (χ1n) is 13.7. The van der Waals surface area contributed by atoms with Crippen molar-refractivity contribution >= 4 is 11.8 Å². The number of amides is 2. The van der Waals surface area contributed by atoms with Gasteiger partial charge in [-0.15, -0.1) is 0 Å². The largest absolute Gasteiger partial charge is 0.376 e. The van der Waals surface area contributed by atoms with Crippen LogP contribution in [0.4, 0.5) is 0 Å². The number of ether oxygens (including phenoxy) is 1. The number of allylic oxidation sites excluding steroid dienone is 1. The maximum Gasteiger partial charge on any atom is 0.256 e. The van der Waals surface area contributed by atoms with Crippen molar-refractivity contribution in [2.75, 3.05) is 13.2 Å². The predicted octanol–water partition coefficient (Wildman–Crippen LogP) is 4.49. The van der Waals surface area contributed by atoms with E-state index in [0.29, 0.717) is 13.1 Å². The molecule has 0 spiro atoms. The highest BCUT2D eigenvalue weighted by molar-refractivity contribution is 5.99. The van der Waals surface area contributed by atoms with Crippen LogP contribution in [0.3, 0.4) is 0 Å². The Balaban J connectivity index is 1.49. The van der Waals surface area contributed by atoms with Gasteiger partial charge in [-0.3, -0.25) is 14.4 Å². The van der Waals surface area contributed by atoms with E-state index in [9.17, 15) is 14.4 Å². The number of hydrogen-bond donors (Lipinski definition) is 2. The third kappa shape index (κ3) is 7.53. The summed E-state index contributed by atoms with van der Waals surface area (Å²) in [4.78, 5) is 39.6. The smallest absolute Gasteiger partial charge is 0.256 e. The molecule has 2 N–H and O–H groups in total. The number of carbonyl (C=O) groups is 2. The topological polar surface area (TPSA) is 89.4 Å². The van der Waals surface area contributed by atoms with E-state index in [1.165, 1.54) is 37.7 Å². The Kier molecular flexibility index (Phi) is 9.57. The molecule has 2 aliphatic carbocycles. The van der Waals surface area contributed by atoms with Gasteiger partial charge in [0.05, 0.1) is 6.10 Å². The summed E-state index contributed by atoms with van der Waals surface area (Å²) in [6, 6.07) is 0.0788. The Bertz CT molecular complexity index is 953. The molecule has 0 bridgehead atoms. The molecule has 1 saturated heterocycles. The molecule has 192 valence electrons. The molecule has 1 aromatic heterocycles. The van der Waals surface area contributed by atoms with Crippen LogP contribution >= 0.6 is 0 Å². The summed E-state index contributed by atoms with van der Waals surface area (Å²) in [5, 5.41) is 6.01. The predicted molar refractivity (Wildman–Crippen MR) is 137 cm³/mol. The van der Waals surface area contributed by atoms with E-state index >= 15 is 0 Å². The normalized spacial score (nSPS) is 21.6. The zero-order valence-corrected chi connectivity index (χ0v) is 21.0. The molecule has 4 rings (SSSR count). The molecule has 3 aliphatic rings. The fourth-order valence-corrected chi connectivity index (χ4v) is 5.51. The minimum atomic E-state index is -0.494. The van der Waals surface area contributed by atoms with Crippen LogP contribution in [-0.2, 0) is 11.3 Å². The molecule has 0 unspecified atom stereocenters. The highest BCUT2D eigenvalue weighted by Gasteiger charge is 2.23. The summed E-state index contributed by atoms with van der Waals surface area (Å²) in [5.41, 5.74) is 0.963. The van der Waals surface area contributed by atoms with Gasteiger partial charge in [0.1, 0.15) is 11.1 Å². The second kappa shape index (κ2) is 13.1. The molecule has 0 aromatic carbocycles.